The Bertz CT molecular complexity index is 627. The first kappa shape index (κ1) is 16.5. The first-order valence-corrected chi connectivity index (χ1v) is 7.78. The topological polar surface area (TPSA) is 101 Å². The number of thiocarbonyl (C=S) groups is 1. The van der Waals surface area contributed by atoms with Crippen molar-refractivity contribution < 1.29 is 13.2 Å². The maximum absolute atomic E-state index is 12.1. The molecule has 1 rings (SSSR count). The van der Waals surface area contributed by atoms with Gasteiger partial charge in [0.05, 0.1) is 4.90 Å². The van der Waals surface area contributed by atoms with Crippen LogP contribution in [0.15, 0.2) is 23.1 Å². The van der Waals surface area contributed by atoms with E-state index in [2.05, 4.69) is 10.0 Å². The third-order valence-electron chi connectivity index (χ3n) is 2.67. The molecule has 8 heteroatoms. The van der Waals surface area contributed by atoms with Gasteiger partial charge in [-0.15, -0.1) is 0 Å². The molecule has 0 unspecified atom stereocenters. The van der Waals surface area contributed by atoms with Gasteiger partial charge in [0, 0.05) is 25.6 Å². The van der Waals surface area contributed by atoms with Gasteiger partial charge in [0.15, 0.2) is 0 Å². The molecule has 0 aliphatic heterocycles. The van der Waals surface area contributed by atoms with Crippen molar-refractivity contribution in [3.63, 3.8) is 0 Å². The monoisotopic (exact) mass is 315 g/mol. The lowest BCUT2D eigenvalue weighted by atomic mass is 10.1. The number of hydrogen-bond acceptors (Lipinski definition) is 4. The normalized spacial score (nSPS) is 11.1. The van der Waals surface area contributed by atoms with E-state index in [0.717, 1.165) is 0 Å². The van der Waals surface area contributed by atoms with Crippen LogP contribution in [0.1, 0.15) is 17.5 Å². The largest absolute Gasteiger partial charge is 0.389 e. The zero-order valence-corrected chi connectivity index (χ0v) is 12.9. The Morgan fingerprint density at radius 3 is 2.55 bits per heavy atom. The van der Waals surface area contributed by atoms with E-state index in [-0.39, 0.29) is 28.8 Å². The summed E-state index contributed by atoms with van der Waals surface area (Å²) in [6.07, 6.45) is 0.0831. The minimum absolute atomic E-state index is 0.0402. The van der Waals surface area contributed by atoms with Gasteiger partial charge in [0.2, 0.25) is 15.9 Å². The maximum Gasteiger partial charge on any atom is 0.240 e. The maximum atomic E-state index is 12.1. The Kier molecular flexibility index (Phi) is 5.61. The lowest BCUT2D eigenvalue weighted by Crippen LogP contribution is -2.29. The van der Waals surface area contributed by atoms with Crippen molar-refractivity contribution in [1.29, 1.82) is 0 Å². The van der Waals surface area contributed by atoms with Gasteiger partial charge in [-0.25, -0.2) is 13.1 Å². The lowest BCUT2D eigenvalue weighted by molar-refractivity contribution is -0.120. The molecule has 1 aromatic carbocycles. The molecule has 0 aromatic heterocycles. The molecule has 20 heavy (non-hydrogen) atoms. The number of carbonyl (C=O) groups excluding carboxylic acids is 1. The smallest absolute Gasteiger partial charge is 0.240 e. The second-order valence-electron chi connectivity index (χ2n) is 4.17. The zero-order chi connectivity index (χ0) is 15.3. The van der Waals surface area contributed by atoms with Gasteiger partial charge in [-0.1, -0.05) is 18.3 Å². The van der Waals surface area contributed by atoms with E-state index in [0.29, 0.717) is 11.1 Å². The number of hydrogen-bond donors (Lipinski definition) is 3. The van der Waals surface area contributed by atoms with Gasteiger partial charge in [0.25, 0.3) is 0 Å². The van der Waals surface area contributed by atoms with Gasteiger partial charge in [-0.2, -0.15) is 0 Å². The van der Waals surface area contributed by atoms with Gasteiger partial charge in [-0.05, 0) is 24.6 Å². The third-order valence-corrected chi connectivity index (χ3v) is 4.53. The predicted octanol–water partition coefficient (Wildman–Crippen LogP) is 0.0436. The van der Waals surface area contributed by atoms with Gasteiger partial charge in [0.1, 0.15) is 4.99 Å². The predicted molar refractivity (Wildman–Crippen MR) is 80.9 cm³/mol. The summed E-state index contributed by atoms with van der Waals surface area (Å²) >= 11 is 4.84. The van der Waals surface area contributed by atoms with E-state index < -0.39 is 10.0 Å². The zero-order valence-electron chi connectivity index (χ0n) is 11.3. The molecule has 0 bridgehead atoms. The van der Waals surface area contributed by atoms with E-state index in [4.69, 9.17) is 18.0 Å². The minimum atomic E-state index is -3.65. The highest BCUT2D eigenvalue weighted by molar-refractivity contribution is 7.89. The van der Waals surface area contributed by atoms with E-state index >= 15 is 0 Å². The summed E-state index contributed by atoms with van der Waals surface area (Å²) in [6.45, 7) is 1.70. The number of amides is 1. The first-order chi connectivity index (χ1) is 9.27. The quantitative estimate of drug-likeness (QED) is 0.644. The van der Waals surface area contributed by atoms with Crippen LogP contribution in [0.2, 0.25) is 0 Å². The number of nitrogens with one attached hydrogen (secondary N) is 2. The van der Waals surface area contributed by atoms with Crippen molar-refractivity contribution >= 4 is 33.1 Å². The fourth-order valence-corrected chi connectivity index (χ4v) is 2.99. The summed E-state index contributed by atoms with van der Waals surface area (Å²) < 4.78 is 26.6. The van der Waals surface area contributed by atoms with Gasteiger partial charge in [-0.3, -0.25) is 4.79 Å². The molecule has 0 radical (unpaired) electrons. The number of benzene rings is 1. The van der Waals surface area contributed by atoms with Crippen LogP contribution in [0.5, 0.6) is 0 Å². The number of rotatable bonds is 6. The van der Waals surface area contributed by atoms with Crippen LogP contribution in [0.4, 0.5) is 0 Å². The molecule has 0 aliphatic carbocycles. The fraction of sp³-hybridized carbons (Fsp3) is 0.333. The molecule has 0 spiro atoms. The van der Waals surface area contributed by atoms with Crippen LogP contribution in [0.25, 0.3) is 0 Å². The van der Waals surface area contributed by atoms with E-state index in [1.807, 2.05) is 0 Å². The second-order valence-corrected chi connectivity index (χ2v) is 6.34. The van der Waals surface area contributed by atoms with Crippen LogP contribution in [-0.4, -0.2) is 32.9 Å². The Labute approximate surface area is 123 Å². The summed E-state index contributed by atoms with van der Waals surface area (Å²) in [5, 5.41) is 2.42. The SMILES string of the molecule is CNC(=O)CCNS(=O)(=O)c1ccc(C(N)=S)cc1C. The molecule has 1 amide bonds. The molecule has 0 saturated carbocycles. The molecule has 110 valence electrons. The van der Waals surface area contributed by atoms with E-state index in [1.165, 1.54) is 13.1 Å². The second kappa shape index (κ2) is 6.78. The fourth-order valence-electron chi connectivity index (χ4n) is 1.61. The molecule has 0 aliphatic rings. The number of nitrogens with two attached hydrogens (primary N) is 1. The highest BCUT2D eigenvalue weighted by Gasteiger charge is 2.17. The minimum Gasteiger partial charge on any atom is -0.389 e. The number of aryl methyl sites for hydroxylation is 1. The molecule has 0 saturated heterocycles. The average molecular weight is 315 g/mol. The molecule has 0 heterocycles. The van der Waals surface area contributed by atoms with Gasteiger partial charge < -0.3 is 11.1 Å². The summed E-state index contributed by atoms with van der Waals surface area (Å²) in [5.41, 5.74) is 6.65. The van der Waals surface area contributed by atoms with E-state index in [1.54, 1.807) is 19.1 Å². The van der Waals surface area contributed by atoms with Crippen LogP contribution >= 0.6 is 12.2 Å². The van der Waals surface area contributed by atoms with Crippen molar-refractivity contribution in [2.45, 2.75) is 18.2 Å². The van der Waals surface area contributed by atoms with Crippen LogP contribution in [0, 0.1) is 6.92 Å². The molecule has 0 atom stereocenters. The lowest BCUT2D eigenvalue weighted by Gasteiger charge is -2.10. The van der Waals surface area contributed by atoms with Crippen molar-refractivity contribution in [2.75, 3.05) is 13.6 Å². The Balaban J connectivity index is 2.87. The molecule has 0 fully saturated rings. The highest BCUT2D eigenvalue weighted by atomic mass is 32.2. The number of carbonyl (C=O) groups is 1. The number of sulfonamides is 1. The summed E-state index contributed by atoms with van der Waals surface area (Å²) in [6, 6.07) is 4.63. The van der Waals surface area contributed by atoms with Gasteiger partial charge >= 0.3 is 0 Å². The van der Waals surface area contributed by atoms with Crippen LogP contribution < -0.4 is 15.8 Å². The Morgan fingerprint density at radius 2 is 2.05 bits per heavy atom. The Hall–Kier alpha value is -1.51. The van der Waals surface area contributed by atoms with Crippen molar-refractivity contribution in [1.82, 2.24) is 10.0 Å². The highest BCUT2D eigenvalue weighted by Crippen LogP contribution is 2.16. The third kappa shape index (κ3) is 4.26. The van der Waals surface area contributed by atoms with Crippen LogP contribution in [-0.2, 0) is 14.8 Å². The molecule has 6 nitrogen and oxygen atoms in total. The standard InChI is InChI=1S/C12H17N3O3S2/c1-8-7-9(12(13)19)3-4-10(8)20(17,18)15-6-5-11(16)14-2/h3-4,7,15H,5-6H2,1-2H3,(H2,13,19)(H,14,16). The molecular weight excluding hydrogens is 298 g/mol. The van der Waals surface area contributed by atoms with E-state index in [9.17, 15) is 13.2 Å². The van der Waals surface area contributed by atoms with Crippen molar-refractivity contribution in [2.24, 2.45) is 5.73 Å². The summed E-state index contributed by atoms with van der Waals surface area (Å²) in [4.78, 5) is 11.4. The molecule has 4 N–H and O–H groups in total. The molecule has 1 aromatic rings. The average Bonchev–Trinajstić information content (AvgIpc) is 2.37. The van der Waals surface area contributed by atoms with Crippen molar-refractivity contribution in [3.05, 3.63) is 29.3 Å². The first-order valence-electron chi connectivity index (χ1n) is 5.88. The summed E-state index contributed by atoms with van der Waals surface area (Å²) in [7, 11) is -2.16. The van der Waals surface area contributed by atoms with Crippen LogP contribution in [0.3, 0.4) is 0 Å². The summed E-state index contributed by atoms with van der Waals surface area (Å²) in [5.74, 6) is -0.228. The molecular formula is C12H17N3O3S2. The van der Waals surface area contributed by atoms with Crippen molar-refractivity contribution in [3.8, 4) is 0 Å². The Morgan fingerprint density at radius 1 is 1.40 bits per heavy atom.